The zero-order valence-electron chi connectivity index (χ0n) is 11.5. The lowest BCUT2D eigenvalue weighted by atomic mass is 10.1. The van der Waals surface area contributed by atoms with Gasteiger partial charge >= 0.3 is 0 Å². The van der Waals surface area contributed by atoms with Gasteiger partial charge in [0.25, 0.3) is 0 Å². The third kappa shape index (κ3) is 2.84. The van der Waals surface area contributed by atoms with Crippen LogP contribution >= 0.6 is 0 Å². The van der Waals surface area contributed by atoms with Gasteiger partial charge in [-0.15, -0.1) is 0 Å². The summed E-state index contributed by atoms with van der Waals surface area (Å²) in [5, 5.41) is 8.76. The molecular weight excluding hydrogens is 282 g/mol. The Labute approximate surface area is 124 Å². The summed E-state index contributed by atoms with van der Waals surface area (Å²) in [6.45, 7) is 0. The van der Waals surface area contributed by atoms with Gasteiger partial charge in [-0.1, -0.05) is 18.2 Å². The van der Waals surface area contributed by atoms with Crippen LogP contribution in [-0.4, -0.2) is 8.42 Å². The van der Waals surface area contributed by atoms with Gasteiger partial charge in [-0.3, -0.25) is 0 Å². The molecule has 0 radical (unpaired) electrons. The van der Waals surface area contributed by atoms with E-state index >= 15 is 0 Å². The van der Waals surface area contributed by atoms with Crippen LogP contribution in [0.2, 0.25) is 0 Å². The Balaban J connectivity index is 1.87. The zero-order chi connectivity index (χ0) is 14.9. The predicted octanol–water partition coefficient (Wildman–Crippen LogP) is 3.02. The maximum absolute atomic E-state index is 12.4. The number of nitriles is 1. The van der Waals surface area contributed by atoms with Gasteiger partial charge in [-0.2, -0.15) is 5.26 Å². The molecule has 1 aliphatic rings. The summed E-state index contributed by atoms with van der Waals surface area (Å²) < 4.78 is 24.8. The molecule has 21 heavy (non-hydrogen) atoms. The minimum absolute atomic E-state index is 0.00613. The summed E-state index contributed by atoms with van der Waals surface area (Å²) in [4.78, 5) is 0.266. The zero-order valence-corrected chi connectivity index (χ0v) is 12.4. The van der Waals surface area contributed by atoms with E-state index < -0.39 is 9.84 Å². The van der Waals surface area contributed by atoms with E-state index in [-0.39, 0.29) is 10.6 Å². The molecule has 2 aromatic carbocycles. The van der Waals surface area contributed by atoms with Gasteiger partial charge in [-0.05, 0) is 60.2 Å². The summed E-state index contributed by atoms with van der Waals surface area (Å²) in [6.07, 6.45) is 3.29. The minimum atomic E-state index is -3.37. The highest BCUT2D eigenvalue weighted by molar-refractivity contribution is 7.90. The van der Waals surface area contributed by atoms with Crippen molar-refractivity contribution in [1.82, 2.24) is 0 Å². The molecule has 0 atom stereocenters. The number of benzene rings is 2. The van der Waals surface area contributed by atoms with Crippen molar-refractivity contribution in [3.63, 3.8) is 0 Å². The van der Waals surface area contributed by atoms with Crippen molar-refractivity contribution in [1.29, 1.82) is 5.26 Å². The molecular formula is C17H15NO2S. The lowest BCUT2D eigenvalue weighted by molar-refractivity contribution is 0.595. The van der Waals surface area contributed by atoms with Crippen molar-refractivity contribution in [2.24, 2.45) is 0 Å². The Morgan fingerprint density at radius 2 is 1.71 bits per heavy atom. The molecule has 0 bridgehead atoms. The summed E-state index contributed by atoms with van der Waals surface area (Å²) in [5.41, 5.74) is 3.92. The molecule has 2 aromatic rings. The summed E-state index contributed by atoms with van der Waals surface area (Å²) in [7, 11) is -3.37. The van der Waals surface area contributed by atoms with Crippen molar-refractivity contribution >= 4 is 9.84 Å². The monoisotopic (exact) mass is 297 g/mol. The second-order valence-corrected chi connectivity index (χ2v) is 7.34. The van der Waals surface area contributed by atoms with Crippen LogP contribution in [0.25, 0.3) is 0 Å². The molecule has 0 N–H and O–H groups in total. The third-order valence-electron chi connectivity index (χ3n) is 3.86. The highest BCUT2D eigenvalue weighted by atomic mass is 32.2. The number of hydrogen-bond acceptors (Lipinski definition) is 3. The average Bonchev–Trinajstić information content (AvgIpc) is 2.94. The Morgan fingerprint density at radius 3 is 2.43 bits per heavy atom. The lowest BCUT2D eigenvalue weighted by Crippen LogP contribution is -2.05. The van der Waals surface area contributed by atoms with Crippen LogP contribution < -0.4 is 0 Å². The van der Waals surface area contributed by atoms with E-state index in [1.165, 1.54) is 35.4 Å². The highest BCUT2D eigenvalue weighted by Crippen LogP contribution is 2.25. The van der Waals surface area contributed by atoms with Gasteiger partial charge in [0.1, 0.15) is 0 Å². The van der Waals surface area contributed by atoms with Crippen LogP contribution in [0, 0.1) is 11.3 Å². The third-order valence-corrected chi connectivity index (χ3v) is 5.57. The van der Waals surface area contributed by atoms with Gasteiger partial charge in [0.15, 0.2) is 9.84 Å². The van der Waals surface area contributed by atoms with Crippen LogP contribution in [0.3, 0.4) is 0 Å². The second kappa shape index (κ2) is 5.34. The maximum Gasteiger partial charge on any atom is 0.182 e. The topological polar surface area (TPSA) is 57.9 Å². The van der Waals surface area contributed by atoms with Gasteiger partial charge < -0.3 is 0 Å². The second-order valence-electron chi connectivity index (χ2n) is 5.35. The maximum atomic E-state index is 12.4. The molecule has 0 amide bonds. The van der Waals surface area contributed by atoms with E-state index in [0.717, 1.165) is 24.8 Å². The molecule has 3 nitrogen and oxygen atoms in total. The molecule has 0 fully saturated rings. The number of nitrogens with zero attached hydrogens (tertiary/aromatic N) is 1. The van der Waals surface area contributed by atoms with E-state index in [1.807, 2.05) is 24.3 Å². The molecule has 3 rings (SSSR count). The number of fused-ring (bicyclic) bond motifs is 1. The fourth-order valence-corrected chi connectivity index (χ4v) is 4.09. The largest absolute Gasteiger partial charge is 0.223 e. The van der Waals surface area contributed by atoms with Gasteiger partial charge in [0.2, 0.25) is 0 Å². The molecule has 4 heteroatoms. The van der Waals surface area contributed by atoms with Gasteiger partial charge in [0.05, 0.1) is 22.3 Å². The van der Waals surface area contributed by atoms with Crippen molar-refractivity contribution < 1.29 is 8.42 Å². The van der Waals surface area contributed by atoms with Crippen LogP contribution in [-0.2, 0) is 28.4 Å². The SMILES string of the molecule is N#Cc1ccc(S(=O)(=O)Cc2ccc3c(c2)CCC3)cc1. The molecule has 0 heterocycles. The first kappa shape index (κ1) is 13.8. The van der Waals surface area contributed by atoms with E-state index in [1.54, 1.807) is 0 Å². The van der Waals surface area contributed by atoms with Crippen molar-refractivity contribution in [3.05, 3.63) is 64.7 Å². The summed E-state index contributed by atoms with van der Waals surface area (Å²) >= 11 is 0. The first-order valence-electron chi connectivity index (χ1n) is 6.92. The quantitative estimate of drug-likeness (QED) is 0.875. The van der Waals surface area contributed by atoms with E-state index in [2.05, 4.69) is 0 Å². The molecule has 1 aliphatic carbocycles. The van der Waals surface area contributed by atoms with E-state index in [9.17, 15) is 8.42 Å². The highest BCUT2D eigenvalue weighted by Gasteiger charge is 2.17. The Hall–Kier alpha value is -2.12. The molecule has 0 aromatic heterocycles. The Morgan fingerprint density at radius 1 is 1.00 bits per heavy atom. The first-order valence-corrected chi connectivity index (χ1v) is 8.57. The Kier molecular flexibility index (Phi) is 3.52. The molecule has 0 saturated carbocycles. The molecule has 106 valence electrons. The van der Waals surface area contributed by atoms with Crippen LogP contribution in [0.5, 0.6) is 0 Å². The smallest absolute Gasteiger partial charge is 0.182 e. The molecule has 0 unspecified atom stereocenters. The normalized spacial score (nSPS) is 13.7. The fraction of sp³-hybridized carbons (Fsp3) is 0.235. The van der Waals surface area contributed by atoms with Crippen LogP contribution in [0.1, 0.15) is 28.7 Å². The molecule has 0 saturated heterocycles. The minimum Gasteiger partial charge on any atom is -0.223 e. The van der Waals surface area contributed by atoms with E-state index in [0.29, 0.717) is 5.56 Å². The van der Waals surface area contributed by atoms with E-state index in [4.69, 9.17) is 5.26 Å². The van der Waals surface area contributed by atoms with Gasteiger partial charge in [0, 0.05) is 0 Å². The number of hydrogen-bond donors (Lipinski definition) is 0. The van der Waals surface area contributed by atoms with Crippen LogP contribution in [0.4, 0.5) is 0 Å². The molecule has 0 spiro atoms. The standard InChI is InChI=1S/C17H15NO2S/c18-11-13-5-8-17(9-6-13)21(19,20)12-14-4-7-15-2-1-3-16(15)10-14/h4-10H,1-3,12H2. The predicted molar refractivity (Wildman–Crippen MR) is 80.5 cm³/mol. The molecule has 0 aliphatic heterocycles. The summed E-state index contributed by atoms with van der Waals surface area (Å²) in [6, 6.07) is 14.0. The number of rotatable bonds is 3. The number of sulfone groups is 1. The fourth-order valence-electron chi connectivity index (χ4n) is 2.75. The van der Waals surface area contributed by atoms with Crippen molar-refractivity contribution in [2.45, 2.75) is 29.9 Å². The average molecular weight is 297 g/mol. The lowest BCUT2D eigenvalue weighted by Gasteiger charge is -2.07. The van der Waals surface area contributed by atoms with Gasteiger partial charge in [-0.25, -0.2) is 8.42 Å². The Bertz CT molecular complexity index is 815. The summed E-state index contributed by atoms with van der Waals surface area (Å²) in [5.74, 6) is 0.00613. The van der Waals surface area contributed by atoms with Crippen molar-refractivity contribution in [3.8, 4) is 6.07 Å². The first-order chi connectivity index (χ1) is 10.1. The number of aryl methyl sites for hydroxylation is 2. The van der Waals surface area contributed by atoms with Crippen LogP contribution in [0.15, 0.2) is 47.4 Å². The van der Waals surface area contributed by atoms with Crippen molar-refractivity contribution in [2.75, 3.05) is 0 Å².